The number of pyridine rings is 1. The lowest BCUT2D eigenvalue weighted by Crippen LogP contribution is -2.29. The van der Waals surface area contributed by atoms with Crippen molar-refractivity contribution < 1.29 is 0 Å². The van der Waals surface area contributed by atoms with Crippen molar-refractivity contribution in [3.05, 3.63) is 24.2 Å². The standard InChI is InChI=1S/C12H16N4.2ClH/c1-9-15-11-3-2-6-14-12(11)16(9)10-4-7-13-8-5-10;;/h2-3,6,10,13H,4-5,7-8H2,1H3;2*1H. The molecule has 6 heteroatoms. The van der Waals surface area contributed by atoms with Crippen molar-refractivity contribution in [3.8, 4) is 0 Å². The molecular formula is C12H18Cl2N4. The third kappa shape index (κ3) is 2.60. The molecule has 18 heavy (non-hydrogen) atoms. The molecule has 0 aliphatic carbocycles. The second kappa shape index (κ2) is 6.36. The smallest absolute Gasteiger partial charge is 0.160 e. The summed E-state index contributed by atoms with van der Waals surface area (Å²) >= 11 is 0. The number of fused-ring (bicyclic) bond motifs is 1. The maximum atomic E-state index is 4.57. The van der Waals surface area contributed by atoms with E-state index >= 15 is 0 Å². The van der Waals surface area contributed by atoms with Crippen LogP contribution in [-0.2, 0) is 0 Å². The van der Waals surface area contributed by atoms with Crippen LogP contribution >= 0.6 is 24.8 Å². The SMILES string of the molecule is Cc1nc2cccnc2n1C1CCNCC1.Cl.Cl. The molecule has 3 heterocycles. The topological polar surface area (TPSA) is 42.7 Å². The van der Waals surface area contributed by atoms with E-state index in [0.29, 0.717) is 6.04 Å². The molecule has 1 fully saturated rings. The fourth-order valence-corrected chi connectivity index (χ4v) is 2.54. The third-order valence-electron chi connectivity index (χ3n) is 3.30. The molecule has 0 spiro atoms. The van der Waals surface area contributed by atoms with Crippen LogP contribution < -0.4 is 5.32 Å². The second-order valence-corrected chi connectivity index (χ2v) is 4.36. The minimum absolute atomic E-state index is 0. The first kappa shape index (κ1) is 15.2. The predicted octanol–water partition coefficient (Wildman–Crippen LogP) is 2.51. The molecule has 0 unspecified atom stereocenters. The van der Waals surface area contributed by atoms with Gasteiger partial charge < -0.3 is 9.88 Å². The summed E-state index contributed by atoms with van der Waals surface area (Å²) in [6, 6.07) is 4.54. The quantitative estimate of drug-likeness (QED) is 0.877. The minimum atomic E-state index is 0. The van der Waals surface area contributed by atoms with Crippen LogP contribution in [0.15, 0.2) is 18.3 Å². The number of hydrogen-bond donors (Lipinski definition) is 1. The molecule has 1 aliphatic heterocycles. The van der Waals surface area contributed by atoms with Crippen LogP contribution in [0.25, 0.3) is 11.2 Å². The molecule has 0 bridgehead atoms. The fourth-order valence-electron chi connectivity index (χ4n) is 2.54. The number of halogens is 2. The van der Waals surface area contributed by atoms with Gasteiger partial charge in [0.05, 0.1) is 0 Å². The summed E-state index contributed by atoms with van der Waals surface area (Å²) in [4.78, 5) is 9.03. The number of aryl methyl sites for hydroxylation is 1. The lowest BCUT2D eigenvalue weighted by Gasteiger charge is -2.25. The molecule has 2 aromatic rings. The third-order valence-corrected chi connectivity index (χ3v) is 3.30. The first-order valence-corrected chi connectivity index (χ1v) is 5.86. The highest BCUT2D eigenvalue weighted by atomic mass is 35.5. The molecule has 3 rings (SSSR count). The summed E-state index contributed by atoms with van der Waals surface area (Å²) in [7, 11) is 0. The van der Waals surface area contributed by atoms with E-state index in [0.717, 1.165) is 30.1 Å². The Labute approximate surface area is 119 Å². The molecule has 1 aliphatic rings. The van der Waals surface area contributed by atoms with Gasteiger partial charge in [-0.25, -0.2) is 9.97 Å². The van der Waals surface area contributed by atoms with Crippen molar-refractivity contribution in [1.82, 2.24) is 19.9 Å². The Bertz CT molecular complexity index is 506. The first-order chi connectivity index (χ1) is 7.86. The van der Waals surface area contributed by atoms with Gasteiger partial charge in [-0.2, -0.15) is 0 Å². The van der Waals surface area contributed by atoms with Crippen LogP contribution in [0.3, 0.4) is 0 Å². The number of imidazole rings is 1. The van der Waals surface area contributed by atoms with Gasteiger partial charge in [-0.1, -0.05) is 0 Å². The van der Waals surface area contributed by atoms with Crippen LogP contribution in [0.4, 0.5) is 0 Å². The molecule has 0 saturated carbocycles. The van der Waals surface area contributed by atoms with E-state index in [1.807, 2.05) is 18.3 Å². The highest BCUT2D eigenvalue weighted by molar-refractivity contribution is 5.85. The Hall–Kier alpha value is -0.840. The van der Waals surface area contributed by atoms with E-state index in [1.54, 1.807) is 0 Å². The molecule has 0 amide bonds. The van der Waals surface area contributed by atoms with Crippen molar-refractivity contribution in [2.75, 3.05) is 13.1 Å². The van der Waals surface area contributed by atoms with Crippen LogP contribution in [0.1, 0.15) is 24.7 Å². The van der Waals surface area contributed by atoms with E-state index in [-0.39, 0.29) is 24.8 Å². The number of hydrogen-bond acceptors (Lipinski definition) is 3. The van der Waals surface area contributed by atoms with Gasteiger partial charge in [-0.3, -0.25) is 0 Å². The number of nitrogens with zero attached hydrogens (tertiary/aromatic N) is 3. The maximum absolute atomic E-state index is 4.57. The average molecular weight is 289 g/mol. The zero-order valence-electron chi connectivity index (χ0n) is 10.3. The van der Waals surface area contributed by atoms with E-state index in [4.69, 9.17) is 0 Å². The molecule has 100 valence electrons. The lowest BCUT2D eigenvalue weighted by molar-refractivity contribution is 0.368. The summed E-state index contributed by atoms with van der Waals surface area (Å²) < 4.78 is 2.30. The Morgan fingerprint density at radius 3 is 2.72 bits per heavy atom. The lowest BCUT2D eigenvalue weighted by atomic mass is 10.1. The summed E-state index contributed by atoms with van der Waals surface area (Å²) in [5.74, 6) is 1.08. The molecule has 4 nitrogen and oxygen atoms in total. The summed E-state index contributed by atoms with van der Waals surface area (Å²) in [5, 5.41) is 3.39. The van der Waals surface area contributed by atoms with Crippen molar-refractivity contribution in [3.63, 3.8) is 0 Å². The summed E-state index contributed by atoms with van der Waals surface area (Å²) in [5.41, 5.74) is 2.05. The van der Waals surface area contributed by atoms with Crippen molar-refractivity contribution in [2.24, 2.45) is 0 Å². The molecule has 0 radical (unpaired) electrons. The van der Waals surface area contributed by atoms with Crippen molar-refractivity contribution in [2.45, 2.75) is 25.8 Å². The maximum Gasteiger partial charge on any atom is 0.160 e. The summed E-state index contributed by atoms with van der Waals surface area (Å²) in [6.45, 7) is 4.26. The van der Waals surface area contributed by atoms with Gasteiger partial charge in [0.1, 0.15) is 11.3 Å². The monoisotopic (exact) mass is 288 g/mol. The molecular weight excluding hydrogens is 271 g/mol. The number of piperidine rings is 1. The minimum Gasteiger partial charge on any atom is -0.317 e. The van der Waals surface area contributed by atoms with Crippen molar-refractivity contribution in [1.29, 1.82) is 0 Å². The number of aromatic nitrogens is 3. The van der Waals surface area contributed by atoms with E-state index < -0.39 is 0 Å². The Morgan fingerprint density at radius 2 is 2.00 bits per heavy atom. The summed E-state index contributed by atoms with van der Waals surface area (Å²) in [6.07, 6.45) is 4.19. The molecule has 0 atom stereocenters. The van der Waals surface area contributed by atoms with Gasteiger partial charge in [0.25, 0.3) is 0 Å². The van der Waals surface area contributed by atoms with Gasteiger partial charge in [0.15, 0.2) is 5.65 Å². The Balaban J connectivity index is 0.000000810. The van der Waals surface area contributed by atoms with Crippen LogP contribution in [0.5, 0.6) is 0 Å². The van der Waals surface area contributed by atoms with E-state index in [9.17, 15) is 0 Å². The molecule has 1 saturated heterocycles. The normalized spacial score (nSPS) is 16.1. The zero-order valence-corrected chi connectivity index (χ0v) is 11.9. The largest absolute Gasteiger partial charge is 0.317 e. The van der Waals surface area contributed by atoms with Gasteiger partial charge in [0.2, 0.25) is 0 Å². The van der Waals surface area contributed by atoms with Gasteiger partial charge in [-0.15, -0.1) is 24.8 Å². The highest BCUT2D eigenvalue weighted by Gasteiger charge is 2.19. The zero-order chi connectivity index (χ0) is 11.0. The fraction of sp³-hybridized carbons (Fsp3) is 0.500. The highest BCUT2D eigenvalue weighted by Crippen LogP contribution is 2.24. The van der Waals surface area contributed by atoms with Crippen LogP contribution in [0, 0.1) is 6.92 Å². The van der Waals surface area contributed by atoms with E-state index in [2.05, 4.69) is 26.8 Å². The van der Waals surface area contributed by atoms with Gasteiger partial charge >= 0.3 is 0 Å². The number of nitrogens with one attached hydrogen (secondary N) is 1. The van der Waals surface area contributed by atoms with Crippen molar-refractivity contribution >= 4 is 36.0 Å². The number of rotatable bonds is 1. The molecule has 0 aromatic carbocycles. The first-order valence-electron chi connectivity index (χ1n) is 5.86. The van der Waals surface area contributed by atoms with Crippen LogP contribution in [-0.4, -0.2) is 27.6 Å². The average Bonchev–Trinajstić information content (AvgIpc) is 2.66. The Kier molecular flexibility index (Phi) is 5.38. The second-order valence-electron chi connectivity index (χ2n) is 4.36. The van der Waals surface area contributed by atoms with Gasteiger partial charge in [0, 0.05) is 12.2 Å². The predicted molar refractivity (Wildman–Crippen MR) is 77.9 cm³/mol. The van der Waals surface area contributed by atoms with Crippen LogP contribution in [0.2, 0.25) is 0 Å². The van der Waals surface area contributed by atoms with E-state index in [1.165, 1.54) is 12.8 Å². The Morgan fingerprint density at radius 1 is 1.28 bits per heavy atom. The van der Waals surface area contributed by atoms with Gasteiger partial charge in [-0.05, 0) is 45.0 Å². The molecule has 1 N–H and O–H groups in total. The molecule has 2 aromatic heterocycles.